The van der Waals surface area contributed by atoms with Crippen LogP contribution in [0, 0.1) is 0 Å². The summed E-state index contributed by atoms with van der Waals surface area (Å²) >= 11 is 0. The first-order valence-corrected chi connectivity index (χ1v) is 10.5. The normalized spacial score (nSPS) is 15.3. The number of fused-ring (bicyclic) bond motifs is 1. The summed E-state index contributed by atoms with van der Waals surface area (Å²) in [5, 5.41) is 21.7. The van der Waals surface area contributed by atoms with Gasteiger partial charge in [-0.15, -0.1) is 0 Å². The predicted octanol–water partition coefficient (Wildman–Crippen LogP) is 4.23. The lowest BCUT2D eigenvalue weighted by atomic mass is 9.93. The van der Waals surface area contributed by atoms with Gasteiger partial charge in [-0.25, -0.2) is 9.78 Å². The number of pyridine rings is 1. The lowest BCUT2D eigenvalue weighted by Crippen LogP contribution is -2.32. The molecule has 1 aliphatic rings. The number of amides is 2. The van der Waals surface area contributed by atoms with E-state index in [1.165, 1.54) is 0 Å². The van der Waals surface area contributed by atoms with Crippen LogP contribution in [0.3, 0.4) is 0 Å². The number of ether oxygens (including phenoxy) is 1. The van der Waals surface area contributed by atoms with Gasteiger partial charge in [-0.05, 0) is 30.2 Å². The van der Waals surface area contributed by atoms with Crippen LogP contribution in [0.15, 0.2) is 47.1 Å². The molecule has 3 aromatic rings. The molecule has 0 aliphatic carbocycles. The number of carbonyl (C=O) groups is 1. The number of benzene rings is 1. The first-order valence-electron chi connectivity index (χ1n) is 10.5. The Balaban J connectivity index is 1.38. The molecule has 0 fully saturated rings. The average Bonchev–Trinajstić information content (AvgIpc) is 3.23. The fourth-order valence-corrected chi connectivity index (χ4v) is 3.27. The van der Waals surface area contributed by atoms with Crippen LogP contribution in [0.1, 0.15) is 33.0 Å². The second kappa shape index (κ2) is 8.88. The third-order valence-corrected chi connectivity index (χ3v) is 5.08. The van der Waals surface area contributed by atoms with Crippen LogP contribution in [0.25, 0.3) is 11.1 Å². The zero-order valence-corrected chi connectivity index (χ0v) is 18.3. The maximum Gasteiger partial charge on any atom is 0.324 e. The van der Waals surface area contributed by atoms with E-state index in [4.69, 9.17) is 14.4 Å². The van der Waals surface area contributed by atoms with Crippen LogP contribution in [0.2, 0.25) is 0 Å². The molecule has 3 heterocycles. The van der Waals surface area contributed by atoms with Crippen LogP contribution in [-0.2, 0) is 5.41 Å². The number of rotatable bonds is 5. The van der Waals surface area contributed by atoms with Gasteiger partial charge in [-0.1, -0.05) is 38.1 Å². The van der Waals surface area contributed by atoms with Crippen LogP contribution in [-0.4, -0.2) is 40.5 Å². The molecule has 9 heteroatoms. The number of anilines is 3. The first kappa shape index (κ1) is 21.6. The van der Waals surface area contributed by atoms with Gasteiger partial charge in [0.1, 0.15) is 12.4 Å². The van der Waals surface area contributed by atoms with Gasteiger partial charge < -0.3 is 25.0 Å². The highest BCUT2D eigenvalue weighted by atomic mass is 16.5. The van der Waals surface area contributed by atoms with Crippen LogP contribution in [0.5, 0.6) is 5.75 Å². The van der Waals surface area contributed by atoms with E-state index in [0.717, 1.165) is 11.1 Å². The standard InChI is InChI=1S/C23H27N5O4/c1-23(2,3)19-11-20(28-32-19)27-22(30)26-16-6-4-14(5-7-16)15-10-18-21(24-12-15)25-17(8-9-29)13-31-18/h4-7,10-12,17,29H,8-9,13H2,1-3H3,(H,24,25)(H2,26,27,28,30). The number of aliphatic hydroxyl groups excluding tert-OH is 1. The summed E-state index contributed by atoms with van der Waals surface area (Å²) in [6.45, 7) is 6.61. The smallest absolute Gasteiger partial charge is 0.324 e. The van der Waals surface area contributed by atoms with Gasteiger partial charge in [0.2, 0.25) is 0 Å². The van der Waals surface area contributed by atoms with Crippen LogP contribution < -0.4 is 20.7 Å². The minimum absolute atomic E-state index is 0.0552. The molecule has 1 atom stereocenters. The Kier molecular flexibility index (Phi) is 6.00. The van der Waals surface area contributed by atoms with Crippen molar-refractivity contribution in [1.29, 1.82) is 0 Å². The minimum Gasteiger partial charge on any atom is -0.488 e. The number of carbonyl (C=O) groups excluding carboxylic acids is 1. The minimum atomic E-state index is -0.404. The van der Waals surface area contributed by atoms with Gasteiger partial charge in [0.25, 0.3) is 0 Å². The number of nitrogens with one attached hydrogen (secondary N) is 3. The number of hydrogen-bond acceptors (Lipinski definition) is 7. The van der Waals surface area contributed by atoms with Crippen molar-refractivity contribution in [2.24, 2.45) is 0 Å². The molecule has 168 valence electrons. The van der Waals surface area contributed by atoms with E-state index in [0.29, 0.717) is 41.9 Å². The number of hydrogen-bond donors (Lipinski definition) is 4. The topological polar surface area (TPSA) is 122 Å². The van der Waals surface area contributed by atoms with Crippen molar-refractivity contribution in [3.05, 3.63) is 48.4 Å². The summed E-state index contributed by atoms with van der Waals surface area (Å²) in [7, 11) is 0. The number of aliphatic hydroxyl groups is 1. The molecule has 0 spiro atoms. The van der Waals surface area contributed by atoms with Gasteiger partial charge in [0.15, 0.2) is 17.4 Å². The Hall–Kier alpha value is -3.59. The van der Waals surface area contributed by atoms with Crippen LogP contribution in [0.4, 0.5) is 22.1 Å². The van der Waals surface area contributed by atoms with Crippen molar-refractivity contribution < 1.29 is 19.2 Å². The van der Waals surface area contributed by atoms with Crippen molar-refractivity contribution in [2.75, 3.05) is 29.2 Å². The Labute approximate surface area is 186 Å². The fourth-order valence-electron chi connectivity index (χ4n) is 3.27. The zero-order chi connectivity index (χ0) is 22.7. The molecule has 0 radical (unpaired) electrons. The van der Waals surface area contributed by atoms with Crippen molar-refractivity contribution in [2.45, 2.75) is 38.6 Å². The van der Waals surface area contributed by atoms with Gasteiger partial charge in [0, 0.05) is 35.5 Å². The highest BCUT2D eigenvalue weighted by molar-refractivity contribution is 5.99. The summed E-state index contributed by atoms with van der Waals surface area (Å²) in [5.74, 6) is 2.41. The number of aromatic nitrogens is 2. The SMILES string of the molecule is CC(C)(C)c1cc(NC(=O)Nc2ccc(-c3cnc4c(c3)OCC(CCO)N4)cc2)no1. The molecule has 4 N–H and O–H groups in total. The van der Waals surface area contributed by atoms with Gasteiger partial charge >= 0.3 is 6.03 Å². The molecule has 1 aliphatic heterocycles. The van der Waals surface area contributed by atoms with Gasteiger partial charge in [-0.2, -0.15) is 0 Å². The van der Waals surface area contributed by atoms with Gasteiger partial charge in [0.05, 0.1) is 6.04 Å². The quantitative estimate of drug-likeness (QED) is 0.471. The van der Waals surface area contributed by atoms with E-state index in [1.807, 2.05) is 51.1 Å². The fraction of sp³-hybridized carbons (Fsp3) is 0.348. The monoisotopic (exact) mass is 437 g/mol. The molecule has 1 aromatic carbocycles. The van der Waals surface area contributed by atoms with E-state index >= 15 is 0 Å². The maximum absolute atomic E-state index is 12.3. The van der Waals surface area contributed by atoms with Crippen LogP contribution >= 0.6 is 0 Å². The molecule has 1 unspecified atom stereocenters. The highest BCUT2D eigenvalue weighted by Gasteiger charge is 2.21. The third-order valence-electron chi connectivity index (χ3n) is 5.08. The molecule has 4 rings (SSSR count). The van der Waals surface area contributed by atoms with Crippen molar-refractivity contribution >= 4 is 23.4 Å². The Morgan fingerprint density at radius 3 is 2.66 bits per heavy atom. The Morgan fingerprint density at radius 1 is 1.19 bits per heavy atom. The summed E-state index contributed by atoms with van der Waals surface area (Å²) in [5.41, 5.74) is 2.30. The second-order valence-electron chi connectivity index (χ2n) is 8.72. The lowest BCUT2D eigenvalue weighted by molar-refractivity contribution is 0.232. The summed E-state index contributed by atoms with van der Waals surface area (Å²) < 4.78 is 11.1. The van der Waals surface area contributed by atoms with E-state index in [1.54, 1.807) is 12.3 Å². The Morgan fingerprint density at radius 2 is 1.97 bits per heavy atom. The molecular formula is C23H27N5O4. The molecular weight excluding hydrogens is 410 g/mol. The summed E-state index contributed by atoms with van der Waals surface area (Å²) in [6.07, 6.45) is 2.38. The van der Waals surface area contributed by atoms with E-state index < -0.39 is 6.03 Å². The molecule has 0 saturated carbocycles. The largest absolute Gasteiger partial charge is 0.488 e. The van der Waals surface area contributed by atoms with Crippen molar-refractivity contribution in [3.8, 4) is 16.9 Å². The molecule has 0 saturated heterocycles. The zero-order valence-electron chi connectivity index (χ0n) is 18.3. The van der Waals surface area contributed by atoms with Crippen molar-refractivity contribution in [3.63, 3.8) is 0 Å². The van der Waals surface area contributed by atoms with E-state index in [9.17, 15) is 4.79 Å². The second-order valence-corrected chi connectivity index (χ2v) is 8.72. The van der Waals surface area contributed by atoms with E-state index in [2.05, 4.69) is 26.1 Å². The molecule has 2 aromatic heterocycles. The number of urea groups is 1. The number of nitrogens with zero attached hydrogens (tertiary/aromatic N) is 2. The predicted molar refractivity (Wildman–Crippen MR) is 122 cm³/mol. The summed E-state index contributed by atoms with van der Waals surface area (Å²) in [6, 6.07) is 10.7. The van der Waals surface area contributed by atoms with Gasteiger partial charge in [-0.3, -0.25) is 5.32 Å². The molecule has 32 heavy (non-hydrogen) atoms. The summed E-state index contributed by atoms with van der Waals surface area (Å²) in [4.78, 5) is 16.7. The maximum atomic E-state index is 12.3. The molecule has 0 bridgehead atoms. The molecule has 9 nitrogen and oxygen atoms in total. The average molecular weight is 438 g/mol. The molecule has 2 amide bonds. The first-order chi connectivity index (χ1) is 15.3. The van der Waals surface area contributed by atoms with Crippen molar-refractivity contribution in [1.82, 2.24) is 10.1 Å². The third kappa shape index (κ3) is 5.00. The van der Waals surface area contributed by atoms with E-state index in [-0.39, 0.29) is 18.1 Å². The highest BCUT2D eigenvalue weighted by Crippen LogP contribution is 2.32. The lowest BCUT2D eigenvalue weighted by Gasteiger charge is -2.26. The Bertz CT molecular complexity index is 1090.